The van der Waals surface area contributed by atoms with Gasteiger partial charge in [0.25, 0.3) is 5.91 Å². The number of nitrogens with two attached hydrogens (primary N) is 1. The number of anilines is 1. The second-order valence-corrected chi connectivity index (χ2v) is 7.28. The average molecular weight is 429 g/mol. The summed E-state index contributed by atoms with van der Waals surface area (Å²) in [6.07, 6.45) is 1.41. The highest BCUT2D eigenvalue weighted by Gasteiger charge is 2.18. The third kappa shape index (κ3) is 3.69. The zero-order valence-corrected chi connectivity index (χ0v) is 16.0. The van der Waals surface area contributed by atoms with Gasteiger partial charge in [0.15, 0.2) is 0 Å². The largest absolute Gasteiger partial charge is 0.455 e. The summed E-state index contributed by atoms with van der Waals surface area (Å²) >= 11 is 4.45. The second-order valence-electron chi connectivity index (χ2n) is 5.32. The van der Waals surface area contributed by atoms with E-state index in [0.717, 1.165) is 21.4 Å². The van der Waals surface area contributed by atoms with Gasteiger partial charge in [0.2, 0.25) is 0 Å². The molecule has 0 aliphatic heterocycles. The van der Waals surface area contributed by atoms with E-state index in [1.165, 1.54) is 6.21 Å². The summed E-state index contributed by atoms with van der Waals surface area (Å²) in [6, 6.07) is 13.3. The lowest BCUT2D eigenvalue weighted by molar-refractivity contribution is 0.0958. The van der Waals surface area contributed by atoms with E-state index in [2.05, 4.69) is 26.5 Å². The first-order valence-electron chi connectivity index (χ1n) is 7.47. The van der Waals surface area contributed by atoms with Crippen molar-refractivity contribution in [2.45, 2.75) is 6.92 Å². The minimum Gasteiger partial charge on any atom is -0.455 e. The molecule has 0 aliphatic rings. The van der Waals surface area contributed by atoms with Gasteiger partial charge in [0.05, 0.1) is 11.8 Å². The molecular weight excluding hydrogens is 416 g/mol. The molecule has 3 N–H and O–H groups in total. The Hall–Kier alpha value is -2.89. The van der Waals surface area contributed by atoms with E-state index in [9.17, 15) is 4.79 Å². The monoisotopic (exact) mass is 428 g/mol. The molecule has 0 saturated heterocycles. The van der Waals surface area contributed by atoms with Gasteiger partial charge in [0, 0.05) is 10.0 Å². The first-order valence-corrected chi connectivity index (χ1v) is 9.08. The third-order valence-electron chi connectivity index (χ3n) is 3.61. The Balaban J connectivity index is 1.69. The molecule has 0 spiro atoms. The summed E-state index contributed by atoms with van der Waals surface area (Å²) in [5.41, 5.74) is 9.97. The molecule has 3 aromatic rings. The first kappa shape index (κ1) is 17.9. The minimum absolute atomic E-state index is 0.323. The van der Waals surface area contributed by atoms with Crippen molar-refractivity contribution in [3.05, 3.63) is 62.6 Å². The summed E-state index contributed by atoms with van der Waals surface area (Å²) in [4.78, 5) is 12.5. The molecule has 0 bridgehead atoms. The van der Waals surface area contributed by atoms with Crippen LogP contribution in [-0.4, -0.2) is 12.1 Å². The molecule has 0 radical (unpaired) electrons. The van der Waals surface area contributed by atoms with E-state index in [-0.39, 0.29) is 0 Å². The number of hydrogen-bond donors (Lipinski definition) is 2. The maximum Gasteiger partial charge on any atom is 0.281 e. The van der Waals surface area contributed by atoms with Crippen LogP contribution in [0, 0.1) is 18.3 Å². The number of amides is 1. The number of hydrazone groups is 1. The Morgan fingerprint density at radius 3 is 2.73 bits per heavy atom. The number of nitrogens with zero attached hydrogens (tertiary/aromatic N) is 2. The van der Waals surface area contributed by atoms with Crippen molar-refractivity contribution in [2.75, 3.05) is 5.73 Å². The fraction of sp³-hybridized carbons (Fsp3) is 0.0556. The molecule has 0 atom stereocenters. The van der Waals surface area contributed by atoms with E-state index in [1.54, 1.807) is 13.0 Å². The normalized spacial score (nSPS) is 10.8. The molecule has 130 valence electrons. The van der Waals surface area contributed by atoms with Crippen molar-refractivity contribution in [2.24, 2.45) is 5.10 Å². The Morgan fingerprint density at radius 1 is 1.35 bits per heavy atom. The predicted octanol–water partition coefficient (Wildman–Crippen LogP) is 4.30. The number of halogens is 1. The number of hydrogen-bond acceptors (Lipinski definition) is 6. The van der Waals surface area contributed by atoms with E-state index >= 15 is 0 Å². The highest BCUT2D eigenvalue weighted by molar-refractivity contribution is 9.10. The lowest BCUT2D eigenvalue weighted by atomic mass is 10.2. The van der Waals surface area contributed by atoms with Crippen molar-refractivity contribution >= 4 is 44.4 Å². The van der Waals surface area contributed by atoms with Crippen LogP contribution >= 0.6 is 27.3 Å². The number of carbonyl (C=O) groups excluding carboxylic acids is 1. The fourth-order valence-electron chi connectivity index (χ4n) is 2.29. The summed E-state index contributed by atoms with van der Waals surface area (Å²) in [6.45, 7) is 1.68. The molecule has 2 heterocycles. The number of furan rings is 1. The lowest BCUT2D eigenvalue weighted by Crippen LogP contribution is -2.17. The molecular formula is C18H13BrN4O2S. The molecule has 2 aromatic heterocycles. The molecule has 0 fully saturated rings. The van der Waals surface area contributed by atoms with Gasteiger partial charge in [-0.05, 0) is 36.8 Å². The van der Waals surface area contributed by atoms with Crippen LogP contribution in [0.25, 0.3) is 11.3 Å². The highest BCUT2D eigenvalue weighted by atomic mass is 79.9. The Bertz CT molecular complexity index is 1030. The van der Waals surface area contributed by atoms with Gasteiger partial charge < -0.3 is 10.2 Å². The van der Waals surface area contributed by atoms with Crippen LogP contribution in [-0.2, 0) is 0 Å². The minimum atomic E-state index is -0.420. The van der Waals surface area contributed by atoms with Gasteiger partial charge in [-0.3, -0.25) is 4.79 Å². The first-order chi connectivity index (χ1) is 12.5. The van der Waals surface area contributed by atoms with Gasteiger partial charge >= 0.3 is 0 Å². The molecule has 1 aromatic carbocycles. The van der Waals surface area contributed by atoms with Crippen molar-refractivity contribution < 1.29 is 9.21 Å². The SMILES string of the molecule is Cc1c(C(=O)N/N=C\c2ccc(-c3ccc(Br)cc3)o2)sc(N)c1C#N. The summed E-state index contributed by atoms with van der Waals surface area (Å²) in [5.74, 6) is 0.783. The summed E-state index contributed by atoms with van der Waals surface area (Å²) < 4.78 is 6.67. The number of carbonyl (C=O) groups is 1. The maximum atomic E-state index is 12.2. The van der Waals surface area contributed by atoms with Crippen molar-refractivity contribution in [1.82, 2.24) is 5.43 Å². The summed E-state index contributed by atoms with van der Waals surface area (Å²) in [5, 5.41) is 13.3. The predicted molar refractivity (Wildman–Crippen MR) is 105 cm³/mol. The topological polar surface area (TPSA) is 104 Å². The van der Waals surface area contributed by atoms with Crippen molar-refractivity contribution in [1.29, 1.82) is 5.26 Å². The number of thiophene rings is 1. The van der Waals surface area contributed by atoms with Crippen LogP contribution in [0.4, 0.5) is 5.00 Å². The molecule has 0 unspecified atom stereocenters. The van der Waals surface area contributed by atoms with Crippen molar-refractivity contribution in [3.8, 4) is 17.4 Å². The third-order valence-corrected chi connectivity index (χ3v) is 5.25. The Morgan fingerprint density at radius 2 is 2.08 bits per heavy atom. The average Bonchev–Trinajstić information content (AvgIpc) is 3.20. The van der Waals surface area contributed by atoms with Gasteiger partial charge in [-0.2, -0.15) is 10.4 Å². The van der Waals surface area contributed by atoms with Gasteiger partial charge in [-0.25, -0.2) is 5.43 Å². The van der Waals surface area contributed by atoms with E-state index in [0.29, 0.717) is 32.5 Å². The maximum absolute atomic E-state index is 12.2. The number of benzene rings is 1. The van der Waals surface area contributed by atoms with Crippen LogP contribution in [0.1, 0.15) is 26.6 Å². The second kappa shape index (κ2) is 7.56. The standard InChI is InChI=1S/C18H13BrN4O2S/c1-10-14(8-20)17(21)26-16(10)18(24)23-22-9-13-6-7-15(25-13)11-2-4-12(19)5-3-11/h2-7,9H,21H2,1H3,(H,23,24)/b22-9-. The molecule has 1 amide bonds. The van der Waals surface area contributed by atoms with Gasteiger partial charge in [-0.1, -0.05) is 28.1 Å². The highest BCUT2D eigenvalue weighted by Crippen LogP contribution is 2.29. The Kier molecular flexibility index (Phi) is 5.21. The van der Waals surface area contributed by atoms with E-state index in [4.69, 9.17) is 15.4 Å². The van der Waals surface area contributed by atoms with Crippen LogP contribution in [0.3, 0.4) is 0 Å². The molecule has 8 heteroatoms. The van der Waals surface area contributed by atoms with Crippen LogP contribution in [0.15, 0.2) is 50.4 Å². The quantitative estimate of drug-likeness (QED) is 0.477. The molecule has 6 nitrogen and oxygen atoms in total. The zero-order valence-electron chi connectivity index (χ0n) is 13.6. The molecule has 0 aliphatic carbocycles. The van der Waals surface area contributed by atoms with Gasteiger partial charge in [-0.15, -0.1) is 11.3 Å². The van der Waals surface area contributed by atoms with Crippen LogP contribution in [0.5, 0.6) is 0 Å². The lowest BCUT2D eigenvalue weighted by Gasteiger charge is -1.98. The van der Waals surface area contributed by atoms with Gasteiger partial charge in [0.1, 0.15) is 27.5 Å². The van der Waals surface area contributed by atoms with E-state index < -0.39 is 5.91 Å². The molecule has 26 heavy (non-hydrogen) atoms. The van der Waals surface area contributed by atoms with Crippen molar-refractivity contribution in [3.63, 3.8) is 0 Å². The number of rotatable bonds is 4. The zero-order chi connectivity index (χ0) is 18.7. The number of nitrogen functional groups attached to an aromatic ring is 1. The molecule has 3 rings (SSSR count). The van der Waals surface area contributed by atoms with Crippen LogP contribution in [0.2, 0.25) is 0 Å². The fourth-order valence-corrected chi connectivity index (χ4v) is 3.47. The molecule has 0 saturated carbocycles. The van der Waals surface area contributed by atoms with E-state index in [1.807, 2.05) is 36.4 Å². The van der Waals surface area contributed by atoms with Crippen LogP contribution < -0.4 is 11.2 Å². The summed E-state index contributed by atoms with van der Waals surface area (Å²) in [7, 11) is 0. The Labute approximate surface area is 162 Å². The number of nitriles is 1. The smallest absolute Gasteiger partial charge is 0.281 e. The number of nitrogens with one attached hydrogen (secondary N) is 1.